The average molecular weight is 437 g/mol. The van der Waals surface area contributed by atoms with Crippen LogP contribution in [0.15, 0.2) is 18.2 Å². The Morgan fingerprint density at radius 3 is 2.23 bits per heavy atom. The minimum Gasteiger partial charge on any atom is -0.379 e. The van der Waals surface area contributed by atoms with Crippen molar-refractivity contribution in [3.8, 4) is 0 Å². The molecule has 164 valence electrons. The van der Waals surface area contributed by atoms with Gasteiger partial charge in [-0.25, -0.2) is 0 Å². The van der Waals surface area contributed by atoms with Gasteiger partial charge in [-0.3, -0.25) is 19.8 Å². The fraction of sp³-hybridized carbons (Fsp3) is 0.619. The van der Waals surface area contributed by atoms with Crippen molar-refractivity contribution in [3.05, 3.63) is 29.3 Å². The van der Waals surface area contributed by atoms with E-state index in [0.717, 1.165) is 61.4 Å². The van der Waals surface area contributed by atoms with Crippen LogP contribution in [0.2, 0.25) is 0 Å². The highest BCUT2D eigenvalue weighted by atomic mass is 35.5. The molecule has 0 radical (unpaired) electrons. The molecule has 3 unspecified atom stereocenters. The molecule has 9 heteroatoms. The lowest BCUT2D eigenvalue weighted by atomic mass is 9.81. The molecule has 0 aromatic heterocycles. The first-order chi connectivity index (χ1) is 14.0. The van der Waals surface area contributed by atoms with Crippen LogP contribution in [-0.2, 0) is 0 Å². The maximum absolute atomic E-state index is 13.0. The van der Waals surface area contributed by atoms with E-state index in [2.05, 4.69) is 15.5 Å². The molecule has 0 spiro atoms. The molecule has 0 aliphatic carbocycles. The Morgan fingerprint density at radius 1 is 0.900 bits per heavy atom. The number of aliphatic hydroxyl groups excluding tert-OH is 2. The number of carbonyl (C=O) groups is 2. The first-order valence-corrected chi connectivity index (χ1v) is 10.6. The van der Waals surface area contributed by atoms with Crippen LogP contribution in [0.3, 0.4) is 0 Å². The van der Waals surface area contributed by atoms with Crippen LogP contribution >= 0.6 is 12.4 Å². The van der Waals surface area contributed by atoms with E-state index in [1.165, 1.54) is 0 Å². The average Bonchev–Trinajstić information content (AvgIpc) is 2.92. The standard InChI is InChI=1S/C21H28N4O4.ClH/c26-18-4-3-17(19(27)23-18)25-20(28)15-2-1-14(9-16(15)21(25)29)24-7-5-12(6-8-24)13-10-22-11-13;/h1-2,9,12-13,17-19,22-23,26-27H,3-8,10-11H2;1H. The first-order valence-electron chi connectivity index (χ1n) is 10.6. The van der Waals surface area contributed by atoms with Crippen LogP contribution in [0.25, 0.3) is 0 Å². The topological polar surface area (TPSA) is 105 Å². The van der Waals surface area contributed by atoms with Crippen LogP contribution in [0, 0.1) is 11.8 Å². The summed E-state index contributed by atoms with van der Waals surface area (Å²) in [6, 6.07) is 4.83. The van der Waals surface area contributed by atoms with Crippen molar-refractivity contribution >= 4 is 29.9 Å². The van der Waals surface area contributed by atoms with Crippen LogP contribution < -0.4 is 15.5 Å². The molecular formula is C21H29ClN4O4. The number of anilines is 1. The van der Waals surface area contributed by atoms with E-state index in [1.54, 1.807) is 6.07 Å². The smallest absolute Gasteiger partial charge is 0.262 e. The highest BCUT2D eigenvalue weighted by molar-refractivity contribution is 6.22. The minimum absolute atomic E-state index is 0. The monoisotopic (exact) mass is 436 g/mol. The Balaban J connectivity index is 0.00000218. The van der Waals surface area contributed by atoms with Gasteiger partial charge in [-0.2, -0.15) is 0 Å². The molecule has 0 saturated carbocycles. The van der Waals surface area contributed by atoms with Gasteiger partial charge in [0.15, 0.2) is 0 Å². The molecule has 5 rings (SSSR count). The number of imide groups is 1. The number of fused-ring (bicyclic) bond motifs is 1. The number of nitrogens with one attached hydrogen (secondary N) is 2. The number of piperidine rings is 2. The second-order valence-electron chi connectivity index (χ2n) is 8.72. The van der Waals surface area contributed by atoms with Crippen molar-refractivity contribution in [2.24, 2.45) is 11.8 Å². The summed E-state index contributed by atoms with van der Waals surface area (Å²) in [6.45, 7) is 4.20. The number of benzene rings is 1. The maximum Gasteiger partial charge on any atom is 0.262 e. The Bertz CT molecular complexity index is 825. The third-order valence-electron chi connectivity index (χ3n) is 7.08. The zero-order chi connectivity index (χ0) is 20.1. The molecule has 2 amide bonds. The summed E-state index contributed by atoms with van der Waals surface area (Å²) in [5.41, 5.74) is 1.79. The van der Waals surface area contributed by atoms with Crippen molar-refractivity contribution in [1.82, 2.24) is 15.5 Å². The van der Waals surface area contributed by atoms with Gasteiger partial charge in [-0.1, -0.05) is 0 Å². The highest BCUT2D eigenvalue weighted by Crippen LogP contribution is 2.34. The van der Waals surface area contributed by atoms with E-state index in [9.17, 15) is 19.8 Å². The van der Waals surface area contributed by atoms with Gasteiger partial charge in [0.05, 0.1) is 17.2 Å². The number of halogens is 1. The second-order valence-corrected chi connectivity index (χ2v) is 8.72. The Kier molecular flexibility index (Phi) is 6.05. The van der Waals surface area contributed by atoms with Gasteiger partial charge in [0.2, 0.25) is 0 Å². The van der Waals surface area contributed by atoms with Crippen molar-refractivity contribution < 1.29 is 19.8 Å². The molecule has 1 aromatic carbocycles. The normalized spacial score (nSPS) is 30.1. The van der Waals surface area contributed by atoms with Crippen molar-refractivity contribution in [3.63, 3.8) is 0 Å². The third kappa shape index (κ3) is 3.61. The van der Waals surface area contributed by atoms with Gasteiger partial charge in [0.25, 0.3) is 11.8 Å². The zero-order valence-corrected chi connectivity index (χ0v) is 17.6. The molecule has 0 bridgehead atoms. The van der Waals surface area contributed by atoms with Gasteiger partial charge in [-0.05, 0) is 68.8 Å². The van der Waals surface area contributed by atoms with Crippen LogP contribution in [0.4, 0.5) is 5.69 Å². The lowest BCUT2D eigenvalue weighted by Crippen LogP contribution is -2.58. The van der Waals surface area contributed by atoms with Gasteiger partial charge < -0.3 is 20.4 Å². The molecule has 4 N–H and O–H groups in total. The molecule has 4 aliphatic rings. The summed E-state index contributed by atoms with van der Waals surface area (Å²) in [4.78, 5) is 29.4. The van der Waals surface area contributed by atoms with Crippen LogP contribution in [0.1, 0.15) is 46.4 Å². The number of carbonyl (C=O) groups excluding carboxylic acids is 2. The van der Waals surface area contributed by atoms with E-state index in [-0.39, 0.29) is 24.2 Å². The molecule has 3 fully saturated rings. The van der Waals surface area contributed by atoms with Crippen LogP contribution in [-0.4, -0.2) is 71.6 Å². The summed E-state index contributed by atoms with van der Waals surface area (Å²) in [5, 5.41) is 25.8. The summed E-state index contributed by atoms with van der Waals surface area (Å²) in [6.07, 6.45) is 1.13. The largest absolute Gasteiger partial charge is 0.379 e. The lowest BCUT2D eigenvalue weighted by Gasteiger charge is -2.41. The number of rotatable bonds is 3. The number of hydrogen-bond donors (Lipinski definition) is 4. The molecular weight excluding hydrogens is 408 g/mol. The van der Waals surface area contributed by atoms with Crippen molar-refractivity contribution in [2.75, 3.05) is 31.1 Å². The lowest BCUT2D eigenvalue weighted by molar-refractivity contribution is -0.0413. The predicted molar refractivity (Wildman–Crippen MR) is 114 cm³/mol. The zero-order valence-electron chi connectivity index (χ0n) is 16.8. The summed E-state index contributed by atoms with van der Waals surface area (Å²) >= 11 is 0. The Hall–Kier alpha value is -1.71. The molecule has 4 aliphatic heterocycles. The fourth-order valence-electron chi connectivity index (χ4n) is 5.17. The summed E-state index contributed by atoms with van der Waals surface area (Å²) in [5.74, 6) is 0.856. The molecule has 8 nitrogen and oxygen atoms in total. The predicted octanol–water partition coefficient (Wildman–Crippen LogP) is 0.529. The summed E-state index contributed by atoms with van der Waals surface area (Å²) < 4.78 is 0. The maximum atomic E-state index is 13.0. The number of amides is 2. The molecule has 3 atom stereocenters. The van der Waals surface area contributed by atoms with Gasteiger partial charge in [-0.15, -0.1) is 12.4 Å². The molecule has 30 heavy (non-hydrogen) atoms. The van der Waals surface area contributed by atoms with E-state index in [0.29, 0.717) is 24.0 Å². The van der Waals surface area contributed by atoms with Crippen molar-refractivity contribution in [2.45, 2.75) is 44.2 Å². The van der Waals surface area contributed by atoms with E-state index >= 15 is 0 Å². The molecule has 4 heterocycles. The van der Waals surface area contributed by atoms with Gasteiger partial charge in [0, 0.05) is 18.8 Å². The van der Waals surface area contributed by atoms with Crippen molar-refractivity contribution in [1.29, 1.82) is 0 Å². The van der Waals surface area contributed by atoms with E-state index in [1.807, 2.05) is 12.1 Å². The quantitative estimate of drug-likeness (QED) is 0.512. The SMILES string of the molecule is Cl.O=C1c2ccc(N3CCC(C4CNC4)CC3)cc2C(=O)N1C1CCC(O)NC1O. The second kappa shape index (κ2) is 8.43. The van der Waals surface area contributed by atoms with E-state index in [4.69, 9.17) is 0 Å². The Morgan fingerprint density at radius 2 is 1.60 bits per heavy atom. The third-order valence-corrected chi connectivity index (χ3v) is 7.08. The summed E-state index contributed by atoms with van der Waals surface area (Å²) in [7, 11) is 0. The van der Waals surface area contributed by atoms with Gasteiger partial charge >= 0.3 is 0 Å². The van der Waals surface area contributed by atoms with E-state index < -0.39 is 18.5 Å². The first kappa shape index (κ1) is 21.5. The number of nitrogens with zero attached hydrogens (tertiary/aromatic N) is 2. The highest BCUT2D eigenvalue weighted by Gasteiger charge is 2.44. The van der Waals surface area contributed by atoms with Crippen LogP contribution in [0.5, 0.6) is 0 Å². The molecule has 3 saturated heterocycles. The minimum atomic E-state index is -1.12. The Labute approximate surface area is 182 Å². The van der Waals surface area contributed by atoms with Gasteiger partial charge in [0.1, 0.15) is 12.5 Å². The molecule has 1 aromatic rings. The fourth-order valence-corrected chi connectivity index (χ4v) is 5.17. The number of aliphatic hydroxyl groups is 2. The number of hydrogen-bond acceptors (Lipinski definition) is 7.